The lowest BCUT2D eigenvalue weighted by molar-refractivity contribution is -0.140. The molecule has 2 heterocycles. The SMILES string of the molecule is COC(=O)CC(c1cccc(O)c1)c1oc(CN2CCCCC2)cc(=O)c1O. The van der Waals surface area contributed by atoms with Crippen LogP contribution >= 0.6 is 0 Å². The largest absolute Gasteiger partial charge is 0.508 e. The molecule has 1 aromatic carbocycles. The lowest BCUT2D eigenvalue weighted by Crippen LogP contribution is -2.29. The molecule has 0 saturated carbocycles. The number of phenols is 1. The van der Waals surface area contributed by atoms with Crippen molar-refractivity contribution < 1.29 is 24.2 Å². The minimum absolute atomic E-state index is 0.00973. The molecule has 0 radical (unpaired) electrons. The van der Waals surface area contributed by atoms with Crippen LogP contribution in [0.2, 0.25) is 0 Å². The number of ether oxygens (including phenoxy) is 1. The fourth-order valence-corrected chi connectivity index (χ4v) is 3.56. The number of rotatable bonds is 6. The van der Waals surface area contributed by atoms with Crippen molar-refractivity contribution >= 4 is 5.97 Å². The molecule has 1 saturated heterocycles. The second-order valence-electron chi connectivity index (χ2n) is 7.05. The third-order valence-electron chi connectivity index (χ3n) is 5.02. The number of carbonyl (C=O) groups excluding carboxylic acids is 1. The number of benzene rings is 1. The third kappa shape index (κ3) is 4.72. The van der Waals surface area contributed by atoms with E-state index in [1.165, 1.54) is 31.7 Å². The van der Waals surface area contributed by atoms with Gasteiger partial charge >= 0.3 is 5.97 Å². The first kappa shape index (κ1) is 19.9. The Balaban J connectivity index is 2.00. The van der Waals surface area contributed by atoms with Crippen molar-refractivity contribution in [3.63, 3.8) is 0 Å². The third-order valence-corrected chi connectivity index (χ3v) is 5.02. The number of hydrogen-bond donors (Lipinski definition) is 2. The molecule has 1 unspecified atom stereocenters. The fourth-order valence-electron chi connectivity index (χ4n) is 3.56. The predicted molar refractivity (Wildman–Crippen MR) is 102 cm³/mol. The van der Waals surface area contributed by atoms with Crippen LogP contribution in [0, 0.1) is 0 Å². The highest BCUT2D eigenvalue weighted by molar-refractivity contribution is 5.71. The molecule has 1 aliphatic rings. The molecule has 0 spiro atoms. The van der Waals surface area contributed by atoms with Gasteiger partial charge in [-0.15, -0.1) is 0 Å². The highest BCUT2D eigenvalue weighted by Gasteiger charge is 2.27. The minimum Gasteiger partial charge on any atom is -0.508 e. The summed E-state index contributed by atoms with van der Waals surface area (Å²) in [6, 6.07) is 7.60. The summed E-state index contributed by atoms with van der Waals surface area (Å²) in [5.41, 5.74) is -0.0118. The summed E-state index contributed by atoms with van der Waals surface area (Å²) in [5, 5.41) is 20.2. The quantitative estimate of drug-likeness (QED) is 0.735. The number of carbonyl (C=O) groups is 1. The molecule has 7 heteroatoms. The van der Waals surface area contributed by atoms with Gasteiger partial charge in [0.15, 0.2) is 5.76 Å². The van der Waals surface area contributed by atoms with Crippen molar-refractivity contribution in [3.05, 3.63) is 57.6 Å². The summed E-state index contributed by atoms with van der Waals surface area (Å²) in [7, 11) is 1.27. The van der Waals surface area contributed by atoms with Gasteiger partial charge < -0.3 is 19.4 Å². The number of phenolic OH excluding ortho intramolecular Hbond substituents is 1. The lowest BCUT2D eigenvalue weighted by Gasteiger charge is -2.26. The Morgan fingerprint density at radius 2 is 1.96 bits per heavy atom. The van der Waals surface area contributed by atoms with E-state index in [1.54, 1.807) is 12.1 Å². The summed E-state index contributed by atoms with van der Waals surface area (Å²) in [6.45, 7) is 2.32. The zero-order chi connectivity index (χ0) is 20.1. The van der Waals surface area contributed by atoms with Gasteiger partial charge in [-0.1, -0.05) is 18.6 Å². The summed E-state index contributed by atoms with van der Waals surface area (Å²) < 4.78 is 10.7. The van der Waals surface area contributed by atoms with Crippen molar-refractivity contribution in [1.29, 1.82) is 0 Å². The minimum atomic E-state index is -0.756. The van der Waals surface area contributed by atoms with Gasteiger partial charge in [0.2, 0.25) is 11.2 Å². The Labute approximate surface area is 163 Å². The molecule has 1 atom stereocenters. The molecule has 1 aliphatic heterocycles. The normalized spacial score (nSPS) is 15.9. The van der Waals surface area contributed by atoms with Crippen LogP contribution in [-0.4, -0.2) is 41.3 Å². The number of aromatic hydroxyl groups is 2. The smallest absolute Gasteiger partial charge is 0.306 e. The highest BCUT2D eigenvalue weighted by atomic mass is 16.5. The average Bonchev–Trinajstić information content (AvgIpc) is 2.69. The molecular weight excluding hydrogens is 362 g/mol. The van der Waals surface area contributed by atoms with Crippen molar-refractivity contribution in [1.82, 2.24) is 4.90 Å². The van der Waals surface area contributed by atoms with E-state index in [1.807, 2.05) is 0 Å². The molecule has 7 nitrogen and oxygen atoms in total. The van der Waals surface area contributed by atoms with E-state index in [-0.39, 0.29) is 17.9 Å². The Bertz CT molecular complexity index is 885. The van der Waals surface area contributed by atoms with Crippen LogP contribution in [0.25, 0.3) is 0 Å². The monoisotopic (exact) mass is 387 g/mol. The summed E-state index contributed by atoms with van der Waals surface area (Å²) in [6.07, 6.45) is 3.26. The average molecular weight is 387 g/mol. The highest BCUT2D eigenvalue weighted by Crippen LogP contribution is 2.34. The van der Waals surface area contributed by atoms with E-state index in [9.17, 15) is 19.8 Å². The number of piperidine rings is 1. The number of methoxy groups -OCH3 is 1. The second kappa shape index (κ2) is 8.93. The summed E-state index contributed by atoms with van der Waals surface area (Å²) in [5.74, 6) is -1.34. The van der Waals surface area contributed by atoms with Crippen LogP contribution < -0.4 is 5.43 Å². The number of nitrogens with zero attached hydrogens (tertiary/aromatic N) is 1. The van der Waals surface area contributed by atoms with Gasteiger partial charge in [0, 0.05) is 6.07 Å². The van der Waals surface area contributed by atoms with E-state index in [2.05, 4.69) is 4.90 Å². The molecule has 28 heavy (non-hydrogen) atoms. The molecule has 2 aromatic rings. The molecule has 3 rings (SSSR count). The first-order valence-corrected chi connectivity index (χ1v) is 9.42. The van der Waals surface area contributed by atoms with Crippen LogP contribution in [0.5, 0.6) is 11.5 Å². The molecule has 0 bridgehead atoms. The van der Waals surface area contributed by atoms with Crippen LogP contribution in [0.4, 0.5) is 0 Å². The Kier molecular flexibility index (Phi) is 6.36. The standard InChI is InChI=1S/C21H25NO6/c1-27-19(25)12-17(14-6-5-7-15(23)10-14)21-20(26)18(24)11-16(28-21)13-22-8-3-2-4-9-22/h5-7,10-11,17,23,26H,2-4,8-9,12-13H2,1H3. The van der Waals surface area contributed by atoms with Crippen LogP contribution in [0.15, 0.2) is 39.5 Å². The zero-order valence-electron chi connectivity index (χ0n) is 15.9. The first-order chi connectivity index (χ1) is 13.5. The van der Waals surface area contributed by atoms with Crippen LogP contribution in [-0.2, 0) is 16.1 Å². The van der Waals surface area contributed by atoms with E-state index in [0.29, 0.717) is 17.9 Å². The number of likely N-dealkylation sites (tertiary alicyclic amines) is 1. The predicted octanol–water partition coefficient (Wildman–Crippen LogP) is 2.73. The Morgan fingerprint density at radius 1 is 1.21 bits per heavy atom. The molecule has 1 aromatic heterocycles. The fraction of sp³-hybridized carbons (Fsp3) is 0.429. The maximum Gasteiger partial charge on any atom is 0.306 e. The van der Waals surface area contributed by atoms with E-state index in [0.717, 1.165) is 25.9 Å². The first-order valence-electron chi connectivity index (χ1n) is 9.42. The van der Waals surface area contributed by atoms with Crippen molar-refractivity contribution in [2.24, 2.45) is 0 Å². The number of esters is 1. The molecule has 0 aliphatic carbocycles. The lowest BCUT2D eigenvalue weighted by atomic mass is 9.92. The molecule has 150 valence electrons. The second-order valence-corrected chi connectivity index (χ2v) is 7.05. The van der Waals surface area contributed by atoms with E-state index in [4.69, 9.17) is 9.15 Å². The Morgan fingerprint density at radius 3 is 2.64 bits per heavy atom. The number of hydrogen-bond acceptors (Lipinski definition) is 7. The van der Waals surface area contributed by atoms with Gasteiger partial charge in [-0.25, -0.2) is 0 Å². The summed E-state index contributed by atoms with van der Waals surface area (Å²) in [4.78, 5) is 26.5. The maximum atomic E-state index is 12.4. The van der Waals surface area contributed by atoms with Crippen molar-refractivity contribution in [2.75, 3.05) is 20.2 Å². The van der Waals surface area contributed by atoms with E-state index >= 15 is 0 Å². The van der Waals surface area contributed by atoms with Gasteiger partial charge in [0.25, 0.3) is 0 Å². The topological polar surface area (TPSA) is 100 Å². The van der Waals surface area contributed by atoms with Crippen LogP contribution in [0.1, 0.15) is 48.7 Å². The zero-order valence-corrected chi connectivity index (χ0v) is 15.9. The van der Waals surface area contributed by atoms with Gasteiger partial charge in [0.1, 0.15) is 11.5 Å². The van der Waals surface area contributed by atoms with Crippen molar-refractivity contribution in [2.45, 2.75) is 38.1 Å². The molecule has 2 N–H and O–H groups in total. The molecule has 0 amide bonds. The van der Waals surface area contributed by atoms with Gasteiger partial charge in [-0.05, 0) is 43.6 Å². The molecular formula is C21H25NO6. The van der Waals surface area contributed by atoms with Crippen molar-refractivity contribution in [3.8, 4) is 11.5 Å². The Hall–Kier alpha value is -2.80. The molecule has 1 fully saturated rings. The summed E-state index contributed by atoms with van der Waals surface area (Å²) >= 11 is 0. The van der Waals surface area contributed by atoms with Gasteiger partial charge in [0.05, 0.1) is 26.0 Å². The maximum absolute atomic E-state index is 12.4. The van der Waals surface area contributed by atoms with Crippen LogP contribution in [0.3, 0.4) is 0 Å². The van der Waals surface area contributed by atoms with Gasteiger partial charge in [-0.3, -0.25) is 14.5 Å². The van der Waals surface area contributed by atoms with E-state index < -0.39 is 23.1 Å². The van der Waals surface area contributed by atoms with Gasteiger partial charge in [-0.2, -0.15) is 0 Å².